The molecule has 0 aliphatic carbocycles. The van der Waals surface area contributed by atoms with Crippen molar-refractivity contribution < 1.29 is 19.7 Å². The molecule has 1 aromatic carbocycles. The Bertz CT molecular complexity index is 377. The van der Waals surface area contributed by atoms with Crippen LogP contribution in [0.4, 0.5) is 0 Å². The number of benzene rings is 1. The summed E-state index contributed by atoms with van der Waals surface area (Å²) in [4.78, 5) is 0. The van der Waals surface area contributed by atoms with Crippen molar-refractivity contribution in [1.29, 1.82) is 0 Å². The molecule has 0 amide bonds. The normalized spacial score (nSPS) is 20.9. The fourth-order valence-corrected chi connectivity index (χ4v) is 1.60. The highest BCUT2D eigenvalue weighted by Crippen LogP contribution is 2.36. The van der Waals surface area contributed by atoms with Gasteiger partial charge in [-0.2, -0.15) is 0 Å². The van der Waals surface area contributed by atoms with Crippen LogP contribution in [-0.4, -0.2) is 23.4 Å². The maximum absolute atomic E-state index is 9.65. The number of hydrogen-bond donors (Lipinski definition) is 2. The average Bonchev–Trinajstić information content (AvgIpc) is 2.22. The summed E-state index contributed by atoms with van der Waals surface area (Å²) in [5.41, 5.74) is 0.457. The van der Waals surface area contributed by atoms with Gasteiger partial charge in [-0.05, 0) is 18.2 Å². The molecule has 0 atom stereocenters. The van der Waals surface area contributed by atoms with Gasteiger partial charge in [0.25, 0.3) is 0 Å². The summed E-state index contributed by atoms with van der Waals surface area (Å²) in [5.74, 6) is 0.160. The van der Waals surface area contributed by atoms with Crippen LogP contribution in [0.15, 0.2) is 18.2 Å². The summed E-state index contributed by atoms with van der Waals surface area (Å²) in [7, 11) is 0. The summed E-state index contributed by atoms with van der Waals surface area (Å²) < 4.78 is 11.0. The Kier molecular flexibility index (Phi) is 2.78. The molecule has 1 saturated heterocycles. The van der Waals surface area contributed by atoms with Gasteiger partial charge >= 0.3 is 0 Å². The second kappa shape index (κ2) is 3.96. The zero-order valence-electron chi connectivity index (χ0n) is 9.43. The molecule has 1 aliphatic heterocycles. The second-order valence-corrected chi connectivity index (χ2v) is 4.86. The van der Waals surface area contributed by atoms with Crippen molar-refractivity contribution in [3.05, 3.63) is 23.8 Å². The fourth-order valence-electron chi connectivity index (χ4n) is 1.60. The molecule has 88 valence electrons. The second-order valence-electron chi connectivity index (χ2n) is 4.86. The molecule has 2 rings (SSSR count). The SMILES string of the molecule is CC1(C)COC(c2cc(O)ccc2O)OC1. The largest absolute Gasteiger partial charge is 0.508 e. The van der Waals surface area contributed by atoms with E-state index in [1.807, 2.05) is 13.8 Å². The van der Waals surface area contributed by atoms with E-state index in [0.29, 0.717) is 18.8 Å². The molecule has 2 N–H and O–H groups in total. The zero-order chi connectivity index (χ0) is 11.8. The molecule has 0 aromatic heterocycles. The summed E-state index contributed by atoms with van der Waals surface area (Å²) >= 11 is 0. The molecule has 1 heterocycles. The third kappa shape index (κ3) is 2.28. The molecular formula is C12H16O4. The first kappa shape index (κ1) is 11.2. The lowest BCUT2D eigenvalue weighted by Crippen LogP contribution is -2.33. The standard InChI is InChI=1S/C12H16O4/c1-12(2)6-15-11(16-7-12)9-5-8(13)3-4-10(9)14/h3-5,11,13-14H,6-7H2,1-2H3. The van der Waals surface area contributed by atoms with E-state index >= 15 is 0 Å². The van der Waals surface area contributed by atoms with Gasteiger partial charge in [0.05, 0.1) is 18.8 Å². The monoisotopic (exact) mass is 224 g/mol. The number of ether oxygens (including phenoxy) is 2. The maximum atomic E-state index is 9.65. The molecule has 4 nitrogen and oxygen atoms in total. The molecule has 1 aliphatic rings. The highest BCUT2D eigenvalue weighted by atomic mass is 16.7. The molecule has 0 bridgehead atoms. The van der Waals surface area contributed by atoms with Crippen LogP contribution >= 0.6 is 0 Å². The van der Waals surface area contributed by atoms with E-state index in [0.717, 1.165) is 0 Å². The lowest BCUT2D eigenvalue weighted by atomic mass is 9.95. The van der Waals surface area contributed by atoms with Crippen LogP contribution in [0, 0.1) is 5.41 Å². The number of hydrogen-bond acceptors (Lipinski definition) is 4. The first-order valence-corrected chi connectivity index (χ1v) is 5.23. The number of phenols is 2. The molecule has 1 aromatic rings. The van der Waals surface area contributed by atoms with Gasteiger partial charge in [-0.25, -0.2) is 0 Å². The van der Waals surface area contributed by atoms with Crippen molar-refractivity contribution in [2.24, 2.45) is 5.41 Å². The van der Waals surface area contributed by atoms with Crippen molar-refractivity contribution in [3.8, 4) is 11.5 Å². The van der Waals surface area contributed by atoms with Crippen LogP contribution in [0.3, 0.4) is 0 Å². The van der Waals surface area contributed by atoms with Gasteiger partial charge in [0.15, 0.2) is 6.29 Å². The van der Waals surface area contributed by atoms with Crippen molar-refractivity contribution in [3.63, 3.8) is 0 Å². The third-order valence-electron chi connectivity index (χ3n) is 2.52. The maximum Gasteiger partial charge on any atom is 0.187 e. The van der Waals surface area contributed by atoms with Crippen LogP contribution < -0.4 is 0 Å². The molecular weight excluding hydrogens is 208 g/mol. The van der Waals surface area contributed by atoms with E-state index in [2.05, 4.69) is 0 Å². The minimum absolute atomic E-state index is 0.0110. The van der Waals surface area contributed by atoms with Crippen molar-refractivity contribution in [2.45, 2.75) is 20.1 Å². The molecule has 0 spiro atoms. The van der Waals surface area contributed by atoms with E-state index in [1.165, 1.54) is 18.2 Å². The third-order valence-corrected chi connectivity index (χ3v) is 2.52. The van der Waals surface area contributed by atoms with Crippen LogP contribution in [0.2, 0.25) is 0 Å². The Labute approximate surface area is 94.4 Å². The summed E-state index contributed by atoms with van der Waals surface area (Å²) in [5, 5.41) is 19.0. The summed E-state index contributed by atoms with van der Waals surface area (Å²) in [6.07, 6.45) is -0.597. The van der Waals surface area contributed by atoms with E-state index in [9.17, 15) is 10.2 Å². The first-order valence-electron chi connectivity index (χ1n) is 5.23. The Morgan fingerprint density at radius 2 is 1.81 bits per heavy atom. The van der Waals surface area contributed by atoms with Crippen LogP contribution in [-0.2, 0) is 9.47 Å². The molecule has 0 radical (unpaired) electrons. The van der Waals surface area contributed by atoms with E-state index in [4.69, 9.17) is 9.47 Å². The number of aromatic hydroxyl groups is 2. The summed E-state index contributed by atoms with van der Waals surface area (Å²) in [6.45, 7) is 5.22. The van der Waals surface area contributed by atoms with Crippen molar-refractivity contribution >= 4 is 0 Å². The quantitative estimate of drug-likeness (QED) is 0.718. The summed E-state index contributed by atoms with van der Waals surface area (Å²) in [6, 6.07) is 4.31. The minimum atomic E-state index is -0.597. The Balaban J connectivity index is 2.17. The van der Waals surface area contributed by atoms with Gasteiger partial charge in [0.2, 0.25) is 0 Å². The van der Waals surface area contributed by atoms with E-state index in [1.54, 1.807) is 0 Å². The molecule has 1 fully saturated rings. The van der Waals surface area contributed by atoms with Crippen LogP contribution in [0.5, 0.6) is 11.5 Å². The molecule has 16 heavy (non-hydrogen) atoms. The Morgan fingerprint density at radius 3 is 2.44 bits per heavy atom. The highest BCUT2D eigenvalue weighted by molar-refractivity contribution is 5.39. The Hall–Kier alpha value is -1.26. The molecule has 4 heteroatoms. The van der Waals surface area contributed by atoms with Gasteiger partial charge in [-0.15, -0.1) is 0 Å². The number of rotatable bonds is 1. The van der Waals surface area contributed by atoms with Gasteiger partial charge in [0, 0.05) is 5.41 Å². The minimum Gasteiger partial charge on any atom is -0.508 e. The van der Waals surface area contributed by atoms with E-state index < -0.39 is 6.29 Å². The van der Waals surface area contributed by atoms with Crippen LogP contribution in [0.1, 0.15) is 25.7 Å². The first-order chi connectivity index (χ1) is 7.48. The average molecular weight is 224 g/mol. The Morgan fingerprint density at radius 1 is 1.19 bits per heavy atom. The zero-order valence-corrected chi connectivity index (χ0v) is 9.43. The van der Waals surface area contributed by atoms with Gasteiger partial charge < -0.3 is 19.7 Å². The van der Waals surface area contributed by atoms with Gasteiger partial charge in [0.1, 0.15) is 11.5 Å². The molecule has 0 saturated carbocycles. The lowest BCUT2D eigenvalue weighted by Gasteiger charge is -2.34. The van der Waals surface area contributed by atoms with Gasteiger partial charge in [-0.1, -0.05) is 13.8 Å². The van der Waals surface area contributed by atoms with E-state index in [-0.39, 0.29) is 16.9 Å². The predicted molar refractivity (Wildman–Crippen MR) is 58.2 cm³/mol. The number of phenolic OH excluding ortho intramolecular Hbond substituents is 2. The topological polar surface area (TPSA) is 58.9 Å². The highest BCUT2D eigenvalue weighted by Gasteiger charge is 2.30. The molecule has 0 unspecified atom stereocenters. The smallest absolute Gasteiger partial charge is 0.187 e. The van der Waals surface area contributed by atoms with Crippen LogP contribution in [0.25, 0.3) is 0 Å². The van der Waals surface area contributed by atoms with Crippen molar-refractivity contribution in [1.82, 2.24) is 0 Å². The fraction of sp³-hybridized carbons (Fsp3) is 0.500. The predicted octanol–water partition coefficient (Wildman–Crippen LogP) is 2.17. The lowest BCUT2D eigenvalue weighted by molar-refractivity contribution is -0.226. The van der Waals surface area contributed by atoms with Gasteiger partial charge in [-0.3, -0.25) is 0 Å². The van der Waals surface area contributed by atoms with Crippen molar-refractivity contribution in [2.75, 3.05) is 13.2 Å².